The average Bonchev–Trinajstić information content (AvgIpc) is 3.39. The zero-order valence-corrected chi connectivity index (χ0v) is 26.1. The van der Waals surface area contributed by atoms with Gasteiger partial charge in [-0.2, -0.15) is 10.2 Å². The Balaban J connectivity index is 1.54. The molecule has 45 heavy (non-hydrogen) atoms. The fourth-order valence-corrected chi connectivity index (χ4v) is 6.41. The molecule has 0 radical (unpaired) electrons. The van der Waals surface area contributed by atoms with Crippen LogP contribution in [0.3, 0.4) is 0 Å². The summed E-state index contributed by atoms with van der Waals surface area (Å²) in [6.07, 6.45) is 3.60. The summed E-state index contributed by atoms with van der Waals surface area (Å²) in [7, 11) is 0. The molecular weight excluding hydrogens is 605 g/mol. The van der Waals surface area contributed by atoms with E-state index in [1.54, 1.807) is 41.5 Å². The Bertz CT molecular complexity index is 2100. The molecule has 0 aliphatic carbocycles. The van der Waals surface area contributed by atoms with Crippen molar-refractivity contribution in [2.45, 2.75) is 17.9 Å². The Labute approximate surface area is 267 Å². The minimum atomic E-state index is -0.784. The first-order valence-corrected chi connectivity index (χ1v) is 16.2. The van der Waals surface area contributed by atoms with E-state index in [1.807, 2.05) is 91.2 Å². The Hall–Kier alpha value is -5.06. The van der Waals surface area contributed by atoms with E-state index in [0.29, 0.717) is 32.0 Å². The van der Waals surface area contributed by atoms with Crippen molar-refractivity contribution in [2.24, 2.45) is 15.2 Å². The fraction of sp³-hybridized carbons (Fsp3) is 0.114. The molecule has 1 aliphatic heterocycles. The van der Waals surface area contributed by atoms with Gasteiger partial charge in [0.1, 0.15) is 5.75 Å². The monoisotopic (exact) mass is 632 g/mol. The second-order valence-corrected chi connectivity index (χ2v) is 11.9. The quantitative estimate of drug-likeness (QED) is 0.115. The van der Waals surface area contributed by atoms with Crippen molar-refractivity contribution >= 4 is 52.2 Å². The lowest BCUT2D eigenvalue weighted by molar-refractivity contribution is -0.138. The van der Waals surface area contributed by atoms with Crippen LogP contribution in [0.15, 0.2) is 134 Å². The zero-order valence-electron chi connectivity index (χ0n) is 24.5. The summed E-state index contributed by atoms with van der Waals surface area (Å²) in [6.45, 7) is 1.92. The number of rotatable bonds is 8. The molecule has 6 rings (SSSR count). The molecule has 5 aromatic rings. The largest absolute Gasteiger partial charge is 0.507 e. The number of hydrogen-bond acceptors (Lipinski definition) is 9. The van der Waals surface area contributed by atoms with E-state index in [0.717, 1.165) is 16.0 Å². The van der Waals surface area contributed by atoms with Crippen LogP contribution in [0.1, 0.15) is 29.7 Å². The van der Waals surface area contributed by atoms with Gasteiger partial charge in [-0.05, 0) is 67.3 Å². The van der Waals surface area contributed by atoms with E-state index in [-0.39, 0.29) is 23.5 Å². The van der Waals surface area contributed by atoms with E-state index < -0.39 is 12.0 Å². The van der Waals surface area contributed by atoms with Crippen molar-refractivity contribution in [1.29, 1.82) is 0 Å². The lowest BCUT2D eigenvalue weighted by Gasteiger charge is -2.26. The van der Waals surface area contributed by atoms with Crippen molar-refractivity contribution in [1.82, 2.24) is 4.57 Å². The minimum absolute atomic E-state index is 0.0131. The van der Waals surface area contributed by atoms with Gasteiger partial charge in [-0.1, -0.05) is 72.0 Å². The van der Waals surface area contributed by atoms with Crippen LogP contribution in [-0.4, -0.2) is 28.5 Å². The lowest BCUT2D eigenvalue weighted by atomic mass is 9.93. The van der Waals surface area contributed by atoms with Crippen LogP contribution in [0.25, 0.3) is 11.8 Å². The van der Waals surface area contributed by atoms with Crippen LogP contribution >= 0.6 is 23.1 Å². The second-order valence-electron chi connectivity index (χ2n) is 9.98. The summed E-state index contributed by atoms with van der Waals surface area (Å²) < 4.78 is 7.42. The number of azo groups is 1. The molecular formula is C35H28N4O4S2. The molecule has 0 saturated heterocycles. The first-order valence-electron chi connectivity index (χ1n) is 14.2. The number of carbonyl (C=O) groups is 1. The fourth-order valence-electron chi connectivity index (χ4n) is 5.01. The van der Waals surface area contributed by atoms with Gasteiger partial charge in [0.15, 0.2) is 4.80 Å². The van der Waals surface area contributed by atoms with E-state index in [9.17, 15) is 14.7 Å². The van der Waals surface area contributed by atoms with Crippen molar-refractivity contribution in [3.63, 3.8) is 0 Å². The maximum atomic E-state index is 14.2. The van der Waals surface area contributed by atoms with Crippen LogP contribution in [-0.2, 0) is 9.53 Å². The van der Waals surface area contributed by atoms with Crippen LogP contribution in [0.2, 0.25) is 0 Å². The van der Waals surface area contributed by atoms with Gasteiger partial charge in [0.05, 0.1) is 39.8 Å². The third-order valence-corrected chi connectivity index (χ3v) is 8.87. The Morgan fingerprint density at radius 2 is 1.67 bits per heavy atom. The number of phenols is 1. The molecule has 0 amide bonds. The van der Waals surface area contributed by atoms with Gasteiger partial charge in [0, 0.05) is 16.0 Å². The first kappa shape index (κ1) is 30.0. The molecule has 1 aliphatic rings. The number of esters is 1. The standard InChI is InChI=1S/C35H28N4O4S2/c1-3-43-34(42)30-31(22-10-6-4-7-11-22)36-35-39(32(30)23-14-17-27(44-2)18-15-23)33(41)29(45-35)21-24-20-26(16-19-28(24)40)38-37-25-12-8-5-9-13-25/h4-21,32,40H,3H2,1-2H3/b29-21-,38-37?/t32-/m1/s1. The highest BCUT2D eigenvalue weighted by Crippen LogP contribution is 2.36. The Morgan fingerprint density at radius 1 is 0.978 bits per heavy atom. The zero-order chi connectivity index (χ0) is 31.3. The molecule has 1 N–H and O–H groups in total. The number of hydrogen-bond donors (Lipinski definition) is 1. The molecule has 8 nitrogen and oxygen atoms in total. The summed E-state index contributed by atoms with van der Waals surface area (Å²) in [5.74, 6) is -0.552. The van der Waals surface area contributed by atoms with Gasteiger partial charge in [-0.25, -0.2) is 9.79 Å². The SMILES string of the molecule is CCOC(=O)C1=C(c2ccccc2)N=c2s/c(=C\c3cc(N=Nc4ccccc4)ccc3O)c(=O)n2[C@@H]1c1ccc(SC)cc1. The number of thioether (sulfide) groups is 1. The molecule has 1 atom stereocenters. The Morgan fingerprint density at radius 3 is 2.36 bits per heavy atom. The van der Waals surface area contributed by atoms with Crippen molar-refractivity contribution in [3.8, 4) is 5.75 Å². The highest BCUT2D eigenvalue weighted by Gasteiger charge is 2.35. The predicted molar refractivity (Wildman–Crippen MR) is 178 cm³/mol. The molecule has 4 aromatic carbocycles. The number of phenolic OH excluding ortho intramolecular Hbond substituents is 1. The first-order chi connectivity index (χ1) is 22.0. The maximum Gasteiger partial charge on any atom is 0.338 e. The molecule has 10 heteroatoms. The van der Waals surface area contributed by atoms with E-state index >= 15 is 0 Å². The number of nitrogens with zero attached hydrogens (tertiary/aromatic N) is 4. The molecule has 0 saturated carbocycles. The van der Waals surface area contributed by atoms with E-state index in [2.05, 4.69) is 10.2 Å². The van der Waals surface area contributed by atoms with Crippen LogP contribution < -0.4 is 14.9 Å². The summed E-state index contributed by atoms with van der Waals surface area (Å²) in [6, 6.07) is 30.6. The second kappa shape index (κ2) is 13.3. The highest BCUT2D eigenvalue weighted by molar-refractivity contribution is 7.98. The highest BCUT2D eigenvalue weighted by atomic mass is 32.2. The number of fused-ring (bicyclic) bond motifs is 1. The van der Waals surface area contributed by atoms with Gasteiger partial charge in [-0.15, -0.1) is 11.8 Å². The number of ether oxygens (including phenoxy) is 1. The normalized spacial score (nSPS) is 14.8. The van der Waals surface area contributed by atoms with Gasteiger partial charge in [0.25, 0.3) is 5.56 Å². The maximum absolute atomic E-state index is 14.2. The van der Waals surface area contributed by atoms with Gasteiger partial charge in [-0.3, -0.25) is 9.36 Å². The third-order valence-electron chi connectivity index (χ3n) is 7.14. The van der Waals surface area contributed by atoms with Crippen molar-refractivity contribution < 1.29 is 14.6 Å². The number of thiazole rings is 1. The molecule has 1 aromatic heterocycles. The summed E-state index contributed by atoms with van der Waals surface area (Å²) >= 11 is 2.79. The van der Waals surface area contributed by atoms with Crippen LogP contribution in [0, 0.1) is 0 Å². The van der Waals surface area contributed by atoms with Crippen molar-refractivity contribution in [3.05, 3.63) is 145 Å². The van der Waals surface area contributed by atoms with Crippen LogP contribution in [0.5, 0.6) is 5.75 Å². The van der Waals surface area contributed by atoms with Gasteiger partial charge >= 0.3 is 5.97 Å². The minimum Gasteiger partial charge on any atom is -0.507 e. The molecule has 0 unspecified atom stereocenters. The predicted octanol–water partition coefficient (Wildman–Crippen LogP) is 6.78. The van der Waals surface area contributed by atoms with Gasteiger partial charge < -0.3 is 9.84 Å². The van der Waals surface area contributed by atoms with Gasteiger partial charge in [0.2, 0.25) is 0 Å². The average molecular weight is 633 g/mol. The number of carbonyl (C=O) groups excluding carboxylic acids is 1. The van der Waals surface area contributed by atoms with Crippen LogP contribution in [0.4, 0.5) is 11.4 Å². The Kier molecular flexibility index (Phi) is 8.86. The van der Waals surface area contributed by atoms with E-state index in [4.69, 9.17) is 9.73 Å². The molecule has 2 heterocycles. The lowest BCUT2D eigenvalue weighted by Crippen LogP contribution is -2.40. The molecule has 0 bridgehead atoms. The van der Waals surface area contributed by atoms with Crippen molar-refractivity contribution in [2.75, 3.05) is 12.9 Å². The number of aromatic hydroxyl groups is 1. The number of aromatic nitrogens is 1. The van der Waals surface area contributed by atoms with E-state index in [1.165, 1.54) is 17.4 Å². The third kappa shape index (κ3) is 6.29. The summed E-state index contributed by atoms with van der Waals surface area (Å²) in [5, 5.41) is 19.3. The summed E-state index contributed by atoms with van der Waals surface area (Å²) in [4.78, 5) is 34.2. The summed E-state index contributed by atoms with van der Waals surface area (Å²) in [5.41, 5.74) is 3.48. The number of benzene rings is 4. The topological polar surface area (TPSA) is 106 Å². The smallest absolute Gasteiger partial charge is 0.338 e. The molecule has 0 fully saturated rings. The molecule has 0 spiro atoms. The molecule has 224 valence electrons.